The number of benzene rings is 1. The van der Waals surface area contributed by atoms with E-state index in [0.717, 1.165) is 11.1 Å². The molecule has 0 bridgehead atoms. The second kappa shape index (κ2) is 4.55. The van der Waals surface area contributed by atoms with Crippen LogP contribution in [0.25, 0.3) is 0 Å². The van der Waals surface area contributed by atoms with Gasteiger partial charge in [0.25, 0.3) is 0 Å². The summed E-state index contributed by atoms with van der Waals surface area (Å²) in [7, 11) is 0. The van der Waals surface area contributed by atoms with E-state index >= 15 is 0 Å². The van der Waals surface area contributed by atoms with Crippen LogP contribution in [0.4, 0.5) is 0 Å². The first-order valence-corrected chi connectivity index (χ1v) is 3.42. The zero-order chi connectivity index (χ0) is 8.43. The van der Waals surface area contributed by atoms with Crippen LogP contribution in [-0.4, -0.2) is 36.9 Å². The zero-order valence-electron chi connectivity index (χ0n) is 7.16. The topological polar surface area (TPSA) is 37.3 Å². The average molecular weight is 265 g/mol. The molecule has 0 aliphatic heterocycles. The van der Waals surface area contributed by atoms with Gasteiger partial charge >= 0.3 is 5.97 Å². The van der Waals surface area contributed by atoms with Crippen molar-refractivity contribution in [1.29, 1.82) is 0 Å². The molecule has 3 heteroatoms. The number of aromatic carboxylic acids is 1. The molecule has 0 fully saturated rings. The van der Waals surface area contributed by atoms with Gasteiger partial charge in [-0.1, -0.05) is 6.07 Å². The Kier molecular flexibility index (Phi) is 4.39. The monoisotopic (exact) mass is 265 g/mol. The van der Waals surface area contributed by atoms with Crippen molar-refractivity contribution in [3.05, 3.63) is 34.9 Å². The van der Waals surface area contributed by atoms with Crippen molar-refractivity contribution < 1.29 is 9.90 Å². The largest absolute Gasteiger partial charge is 0.478 e. The minimum atomic E-state index is -0.867. The Morgan fingerprint density at radius 2 is 1.83 bits per heavy atom. The van der Waals surface area contributed by atoms with E-state index in [4.69, 9.17) is 5.11 Å². The van der Waals surface area contributed by atoms with E-state index in [-0.39, 0.29) is 25.8 Å². The van der Waals surface area contributed by atoms with Crippen LogP contribution in [0.2, 0.25) is 0 Å². The minimum Gasteiger partial charge on any atom is -0.478 e. The summed E-state index contributed by atoms with van der Waals surface area (Å²) >= 11 is 0. The number of carbonyl (C=O) groups is 1. The number of aryl methyl sites for hydroxylation is 2. The van der Waals surface area contributed by atoms with Gasteiger partial charge in [0.15, 0.2) is 0 Å². The first kappa shape index (κ1) is 11.6. The van der Waals surface area contributed by atoms with Crippen LogP contribution in [-0.2, 0) is 0 Å². The molecular weight excluding hydrogens is 255 g/mol. The fourth-order valence-corrected chi connectivity index (χ4v) is 0.874. The van der Waals surface area contributed by atoms with Crippen LogP contribution in [0, 0.1) is 13.8 Å². The normalized spacial score (nSPS) is 8.83. The van der Waals surface area contributed by atoms with Crippen molar-refractivity contribution in [1.82, 2.24) is 0 Å². The van der Waals surface area contributed by atoms with Gasteiger partial charge in [-0.05, 0) is 37.1 Å². The summed E-state index contributed by atoms with van der Waals surface area (Å²) in [6.07, 6.45) is 0. The Morgan fingerprint density at radius 1 is 1.25 bits per heavy atom. The predicted molar refractivity (Wildman–Crippen MR) is 48.6 cm³/mol. The molecule has 0 saturated carbocycles. The fraction of sp³-hybridized carbons (Fsp3) is 0.222. The van der Waals surface area contributed by atoms with Gasteiger partial charge in [-0.25, -0.2) is 4.79 Å². The van der Waals surface area contributed by atoms with E-state index in [1.165, 1.54) is 0 Å². The second-order valence-corrected chi connectivity index (χ2v) is 2.60. The summed E-state index contributed by atoms with van der Waals surface area (Å²) in [5.41, 5.74) is 2.49. The molecule has 0 aliphatic carbocycles. The Labute approximate surface area is 90.4 Å². The van der Waals surface area contributed by atoms with E-state index in [0.29, 0.717) is 5.56 Å². The van der Waals surface area contributed by atoms with Crippen LogP contribution in [0.1, 0.15) is 21.5 Å². The van der Waals surface area contributed by atoms with Crippen molar-refractivity contribution in [3.63, 3.8) is 0 Å². The van der Waals surface area contributed by atoms with E-state index in [2.05, 4.69) is 0 Å². The quantitative estimate of drug-likeness (QED) is 0.837. The molecule has 0 aliphatic rings. The molecule has 12 heavy (non-hydrogen) atoms. The summed E-state index contributed by atoms with van der Waals surface area (Å²) in [6, 6.07) is 5.11. The van der Waals surface area contributed by atoms with Crippen molar-refractivity contribution in [2.75, 3.05) is 0 Å². The van der Waals surface area contributed by atoms with Crippen molar-refractivity contribution in [2.24, 2.45) is 0 Å². The third-order valence-electron chi connectivity index (χ3n) is 1.75. The zero-order valence-corrected chi connectivity index (χ0v) is 10.5. The molecular formula is C9H10InO2. The third-order valence-corrected chi connectivity index (χ3v) is 1.75. The molecule has 0 atom stereocenters. The van der Waals surface area contributed by atoms with Crippen molar-refractivity contribution in [2.45, 2.75) is 13.8 Å². The van der Waals surface area contributed by atoms with Gasteiger partial charge in [-0.15, -0.1) is 0 Å². The third kappa shape index (κ3) is 2.55. The minimum absolute atomic E-state index is 0. The molecule has 1 N–H and O–H groups in total. The summed E-state index contributed by atoms with van der Waals surface area (Å²) in [4.78, 5) is 10.5. The van der Waals surface area contributed by atoms with E-state index in [1.807, 2.05) is 19.9 Å². The maximum atomic E-state index is 10.5. The van der Waals surface area contributed by atoms with E-state index in [9.17, 15) is 4.79 Å². The molecule has 2 nitrogen and oxygen atoms in total. The molecule has 1 aromatic carbocycles. The molecule has 0 spiro atoms. The van der Waals surface area contributed by atoms with Gasteiger partial charge in [0.05, 0.1) is 5.56 Å². The second-order valence-electron chi connectivity index (χ2n) is 2.60. The standard InChI is InChI=1S/C9H10O2.In/c1-6-3-4-8(9(10)11)5-7(6)2;/h3-5H,1-2H3,(H,10,11);. The van der Waals surface area contributed by atoms with Crippen LogP contribution >= 0.6 is 0 Å². The first-order chi connectivity index (χ1) is 5.11. The Balaban J connectivity index is 0.00000121. The van der Waals surface area contributed by atoms with Gasteiger partial charge in [-0.3, -0.25) is 0 Å². The number of rotatable bonds is 1. The molecule has 0 saturated heterocycles. The summed E-state index contributed by atoms with van der Waals surface area (Å²) in [5.74, 6) is -0.867. The summed E-state index contributed by atoms with van der Waals surface area (Å²) in [6.45, 7) is 3.86. The average Bonchev–Trinajstić information content (AvgIpc) is 1.94. The smallest absolute Gasteiger partial charge is 0.335 e. The predicted octanol–water partition coefficient (Wildman–Crippen LogP) is 1.62. The Bertz CT molecular complexity index is 295. The summed E-state index contributed by atoms with van der Waals surface area (Å²) < 4.78 is 0. The van der Waals surface area contributed by atoms with Crippen molar-refractivity contribution >= 4 is 31.8 Å². The SMILES string of the molecule is Cc1ccc(C(=O)O)cc1C.[In]. The number of carboxylic acid groups (broad SMARTS) is 1. The maximum absolute atomic E-state index is 10.5. The molecule has 61 valence electrons. The molecule has 3 radical (unpaired) electrons. The van der Waals surface area contributed by atoms with Crippen LogP contribution in [0.5, 0.6) is 0 Å². The molecule has 0 amide bonds. The van der Waals surface area contributed by atoms with Gasteiger partial charge in [0, 0.05) is 25.8 Å². The first-order valence-electron chi connectivity index (χ1n) is 3.42. The molecule has 0 heterocycles. The van der Waals surface area contributed by atoms with Crippen LogP contribution in [0.3, 0.4) is 0 Å². The van der Waals surface area contributed by atoms with E-state index in [1.54, 1.807) is 12.1 Å². The Hall–Kier alpha value is -0.440. The Morgan fingerprint density at radius 3 is 2.25 bits per heavy atom. The molecule has 1 rings (SSSR count). The number of hydrogen-bond acceptors (Lipinski definition) is 1. The van der Waals surface area contributed by atoms with Crippen LogP contribution in [0.15, 0.2) is 18.2 Å². The van der Waals surface area contributed by atoms with Gasteiger partial charge in [0.2, 0.25) is 0 Å². The van der Waals surface area contributed by atoms with Gasteiger partial charge in [-0.2, -0.15) is 0 Å². The molecule has 0 unspecified atom stereocenters. The number of hydrogen-bond donors (Lipinski definition) is 1. The summed E-state index contributed by atoms with van der Waals surface area (Å²) in [5, 5.41) is 8.60. The fourth-order valence-electron chi connectivity index (χ4n) is 0.874. The molecule has 1 aromatic rings. The van der Waals surface area contributed by atoms with Gasteiger partial charge < -0.3 is 5.11 Å². The maximum Gasteiger partial charge on any atom is 0.335 e. The van der Waals surface area contributed by atoms with Crippen molar-refractivity contribution in [3.8, 4) is 0 Å². The molecule has 0 aromatic heterocycles. The number of carboxylic acids is 1. The van der Waals surface area contributed by atoms with Crippen LogP contribution < -0.4 is 0 Å². The van der Waals surface area contributed by atoms with E-state index < -0.39 is 5.97 Å². The van der Waals surface area contributed by atoms with Gasteiger partial charge in [0.1, 0.15) is 0 Å².